The molecule has 1 saturated heterocycles. The number of hydrogen-bond donors (Lipinski definition) is 1. The highest BCUT2D eigenvalue weighted by molar-refractivity contribution is 8.18. The van der Waals surface area contributed by atoms with Crippen LogP contribution in [0.5, 0.6) is 5.75 Å². The summed E-state index contributed by atoms with van der Waals surface area (Å²) in [6.45, 7) is 0.128. The highest BCUT2D eigenvalue weighted by Gasteiger charge is 2.34. The second kappa shape index (κ2) is 7.23. The Morgan fingerprint density at radius 3 is 2.46 bits per heavy atom. The number of carbonyl (C=O) groups excluding carboxylic acids is 2. The zero-order chi connectivity index (χ0) is 16.9. The number of thioether (sulfide) groups is 1. The molecule has 1 aliphatic heterocycles. The maximum absolute atomic E-state index is 12.4. The molecule has 0 radical (unpaired) electrons. The number of nitrogens with zero attached hydrogens (tertiary/aromatic N) is 1. The Balaban J connectivity index is 1.67. The lowest BCUT2D eigenvalue weighted by molar-refractivity contribution is -0.122. The van der Waals surface area contributed by atoms with E-state index in [9.17, 15) is 9.59 Å². The third-order valence-corrected chi connectivity index (χ3v) is 4.41. The quantitative estimate of drug-likeness (QED) is 0.839. The Morgan fingerprint density at radius 2 is 1.79 bits per heavy atom. The van der Waals surface area contributed by atoms with Crippen LogP contribution in [0.15, 0.2) is 59.5 Å². The standard InChI is InChI=1S/C18H16N2O3S/c1-23-15-9-7-14(8-10-15)19-12-20-17(21)16(24-18(20)22)11-13-5-3-2-4-6-13/h2-11,19H,12H2,1H3/b16-11-. The normalized spacial score (nSPS) is 15.9. The average Bonchev–Trinajstić information content (AvgIpc) is 2.88. The third kappa shape index (κ3) is 3.60. The molecule has 0 atom stereocenters. The fourth-order valence-corrected chi connectivity index (χ4v) is 3.05. The number of methoxy groups -OCH3 is 1. The van der Waals surface area contributed by atoms with E-state index >= 15 is 0 Å². The SMILES string of the molecule is COc1ccc(NCN2C(=O)S/C(=C\c3ccccc3)C2=O)cc1. The maximum Gasteiger partial charge on any atom is 0.295 e. The van der Waals surface area contributed by atoms with Crippen molar-refractivity contribution in [2.45, 2.75) is 0 Å². The van der Waals surface area contributed by atoms with Crippen LogP contribution in [0.2, 0.25) is 0 Å². The van der Waals surface area contributed by atoms with E-state index in [4.69, 9.17) is 4.74 Å². The molecule has 0 spiro atoms. The first-order valence-corrected chi connectivity index (χ1v) is 8.17. The number of carbonyl (C=O) groups is 2. The number of ether oxygens (including phenoxy) is 1. The predicted molar refractivity (Wildman–Crippen MR) is 95.7 cm³/mol. The van der Waals surface area contributed by atoms with Gasteiger partial charge in [-0.1, -0.05) is 30.3 Å². The summed E-state index contributed by atoms with van der Waals surface area (Å²) < 4.78 is 5.09. The van der Waals surface area contributed by atoms with E-state index < -0.39 is 0 Å². The first kappa shape index (κ1) is 16.1. The third-order valence-electron chi connectivity index (χ3n) is 3.50. The molecule has 1 fully saturated rings. The van der Waals surface area contributed by atoms with Gasteiger partial charge in [0.1, 0.15) is 5.75 Å². The summed E-state index contributed by atoms with van der Waals surface area (Å²) in [6.07, 6.45) is 1.73. The van der Waals surface area contributed by atoms with Gasteiger partial charge in [-0.25, -0.2) is 0 Å². The van der Waals surface area contributed by atoms with Gasteiger partial charge in [-0.3, -0.25) is 14.5 Å². The van der Waals surface area contributed by atoms with Gasteiger partial charge >= 0.3 is 0 Å². The van der Waals surface area contributed by atoms with E-state index in [2.05, 4.69) is 5.32 Å². The molecule has 1 N–H and O–H groups in total. The van der Waals surface area contributed by atoms with Crippen molar-refractivity contribution in [3.8, 4) is 5.75 Å². The number of nitrogens with one attached hydrogen (secondary N) is 1. The Kier molecular flexibility index (Phi) is 4.86. The van der Waals surface area contributed by atoms with Crippen LogP contribution in [-0.4, -0.2) is 29.8 Å². The summed E-state index contributed by atoms with van der Waals surface area (Å²) >= 11 is 0.956. The van der Waals surface area contributed by atoms with Crippen molar-refractivity contribution >= 4 is 34.7 Å². The summed E-state index contributed by atoms with van der Waals surface area (Å²) in [5.74, 6) is 0.465. The van der Waals surface area contributed by atoms with Gasteiger partial charge in [0, 0.05) is 5.69 Å². The van der Waals surface area contributed by atoms with E-state index in [-0.39, 0.29) is 17.8 Å². The zero-order valence-corrected chi connectivity index (χ0v) is 13.9. The topological polar surface area (TPSA) is 58.6 Å². The van der Waals surface area contributed by atoms with Gasteiger partial charge in [0.2, 0.25) is 0 Å². The molecule has 1 heterocycles. The number of hydrogen-bond acceptors (Lipinski definition) is 5. The lowest BCUT2D eigenvalue weighted by Gasteiger charge is -2.14. The van der Waals surface area contributed by atoms with Crippen LogP contribution in [0, 0.1) is 0 Å². The average molecular weight is 340 g/mol. The molecule has 5 nitrogen and oxygen atoms in total. The van der Waals surface area contributed by atoms with Gasteiger partial charge in [-0.2, -0.15) is 0 Å². The largest absolute Gasteiger partial charge is 0.497 e. The van der Waals surface area contributed by atoms with Gasteiger partial charge in [-0.05, 0) is 47.7 Å². The van der Waals surface area contributed by atoms with E-state index in [0.717, 1.165) is 28.8 Å². The molecule has 2 aromatic rings. The minimum atomic E-state index is -0.283. The molecule has 1 aliphatic rings. The Labute approximate surface area is 144 Å². The smallest absolute Gasteiger partial charge is 0.295 e. The monoisotopic (exact) mass is 340 g/mol. The Hall–Kier alpha value is -2.73. The van der Waals surface area contributed by atoms with Gasteiger partial charge in [0.15, 0.2) is 0 Å². The minimum Gasteiger partial charge on any atom is -0.497 e. The number of anilines is 1. The molecule has 122 valence electrons. The molecule has 0 bridgehead atoms. The van der Waals surface area contributed by atoms with Crippen molar-refractivity contribution in [2.24, 2.45) is 0 Å². The van der Waals surface area contributed by atoms with Crippen LogP contribution in [0.3, 0.4) is 0 Å². The van der Waals surface area contributed by atoms with E-state index in [1.807, 2.05) is 54.6 Å². The molecule has 24 heavy (non-hydrogen) atoms. The first-order chi connectivity index (χ1) is 11.7. The fourth-order valence-electron chi connectivity index (χ4n) is 2.22. The maximum atomic E-state index is 12.4. The number of amides is 2. The predicted octanol–water partition coefficient (Wildman–Crippen LogP) is 3.80. The van der Waals surface area contributed by atoms with Crippen molar-refractivity contribution in [3.63, 3.8) is 0 Å². The van der Waals surface area contributed by atoms with Crippen molar-refractivity contribution in [2.75, 3.05) is 19.1 Å². The van der Waals surface area contributed by atoms with Crippen LogP contribution in [0.25, 0.3) is 6.08 Å². The Morgan fingerprint density at radius 1 is 1.08 bits per heavy atom. The highest BCUT2D eigenvalue weighted by atomic mass is 32.2. The van der Waals surface area contributed by atoms with Crippen molar-refractivity contribution in [3.05, 3.63) is 65.1 Å². The zero-order valence-electron chi connectivity index (χ0n) is 13.1. The molecule has 0 aliphatic carbocycles. The van der Waals surface area contributed by atoms with Crippen LogP contribution in [0.4, 0.5) is 10.5 Å². The summed E-state index contributed by atoms with van der Waals surface area (Å²) in [4.78, 5) is 26.1. The molecule has 0 aromatic heterocycles. The molecule has 2 aromatic carbocycles. The summed E-state index contributed by atoms with van der Waals surface area (Å²) in [5, 5.41) is 2.80. The van der Waals surface area contributed by atoms with Crippen molar-refractivity contribution < 1.29 is 14.3 Å². The Bertz CT molecular complexity index is 773. The van der Waals surface area contributed by atoms with Gasteiger partial charge in [0.05, 0.1) is 18.7 Å². The van der Waals surface area contributed by atoms with Gasteiger partial charge < -0.3 is 10.1 Å². The molecule has 0 saturated carbocycles. The van der Waals surface area contributed by atoms with Crippen LogP contribution in [0.1, 0.15) is 5.56 Å². The van der Waals surface area contributed by atoms with Crippen LogP contribution >= 0.6 is 11.8 Å². The molecular formula is C18H16N2O3S. The first-order valence-electron chi connectivity index (χ1n) is 7.36. The second-order valence-electron chi connectivity index (χ2n) is 5.08. The number of benzene rings is 2. The van der Waals surface area contributed by atoms with E-state index in [1.165, 1.54) is 4.90 Å². The minimum absolute atomic E-state index is 0.128. The lowest BCUT2D eigenvalue weighted by atomic mass is 10.2. The number of imide groups is 1. The molecule has 2 amide bonds. The molecule has 6 heteroatoms. The number of rotatable bonds is 5. The molecular weight excluding hydrogens is 324 g/mol. The summed E-state index contributed by atoms with van der Waals surface area (Å²) in [7, 11) is 1.60. The fraction of sp³-hybridized carbons (Fsp3) is 0.111. The van der Waals surface area contributed by atoms with E-state index in [0.29, 0.717) is 4.91 Å². The highest BCUT2D eigenvalue weighted by Crippen LogP contribution is 2.32. The summed E-state index contributed by atoms with van der Waals surface area (Å²) in [6, 6.07) is 16.8. The van der Waals surface area contributed by atoms with E-state index in [1.54, 1.807) is 13.2 Å². The van der Waals surface area contributed by atoms with Crippen molar-refractivity contribution in [1.29, 1.82) is 0 Å². The van der Waals surface area contributed by atoms with Crippen LogP contribution in [-0.2, 0) is 4.79 Å². The molecule has 3 rings (SSSR count). The summed E-state index contributed by atoms with van der Waals surface area (Å²) in [5.41, 5.74) is 1.70. The second-order valence-corrected chi connectivity index (χ2v) is 6.08. The van der Waals surface area contributed by atoms with Crippen molar-refractivity contribution in [1.82, 2.24) is 4.90 Å². The lowest BCUT2D eigenvalue weighted by Crippen LogP contribution is -2.33. The van der Waals surface area contributed by atoms with Gasteiger partial charge in [0.25, 0.3) is 11.1 Å². The molecule has 0 unspecified atom stereocenters. The van der Waals surface area contributed by atoms with Gasteiger partial charge in [-0.15, -0.1) is 0 Å². The van der Waals surface area contributed by atoms with Crippen LogP contribution < -0.4 is 10.1 Å².